The average Bonchev–Trinajstić information content (AvgIpc) is 3.28. The zero-order valence-electron chi connectivity index (χ0n) is 40.1. The SMILES string of the molecule is CC/C=C\CCCCCCCCCCCCCC(=O)O[C@@H]1COC(=O)CCC/C=C/C[C@@H]2[C@@H](O)[C@H](O)[C@@H](O)[C@H](OP(=O)(O)OC1)[C@H](OP(=O)(O)O)[C@H](O)[C@@H](/C=C/[C@@H](O)CCCCC)[C@H](O)C[C@@H]2O. The molecule has 2 rings (SSSR count). The molecule has 21 heteroatoms. The van der Waals surface area contributed by atoms with Crippen LogP contribution in [0.1, 0.15) is 162 Å². The molecule has 2 bridgehead atoms. The summed E-state index contributed by atoms with van der Waals surface area (Å²) in [6.45, 7) is 2.49. The van der Waals surface area contributed by atoms with E-state index in [2.05, 4.69) is 19.1 Å². The Labute approximate surface area is 402 Å². The van der Waals surface area contributed by atoms with Crippen LogP contribution in [0.2, 0.25) is 0 Å². The van der Waals surface area contributed by atoms with Gasteiger partial charge in [-0.3, -0.25) is 23.2 Å². The van der Waals surface area contributed by atoms with Crippen molar-refractivity contribution in [1.82, 2.24) is 0 Å². The highest BCUT2D eigenvalue weighted by molar-refractivity contribution is 7.47. The summed E-state index contributed by atoms with van der Waals surface area (Å²) >= 11 is 0. The summed E-state index contributed by atoms with van der Waals surface area (Å²) in [4.78, 5) is 56.8. The number of aliphatic hydroxyl groups is 7. The molecule has 0 spiro atoms. The van der Waals surface area contributed by atoms with E-state index in [0.717, 1.165) is 63.9 Å². The highest BCUT2D eigenvalue weighted by atomic mass is 31.2. The Balaban J connectivity index is 2.34. The lowest BCUT2D eigenvalue weighted by Gasteiger charge is -2.38. The van der Waals surface area contributed by atoms with E-state index >= 15 is 0 Å². The maximum Gasteiger partial charge on any atom is 0.472 e. The number of hydrogen-bond donors (Lipinski definition) is 10. The lowest BCUT2D eigenvalue weighted by Crippen LogP contribution is -2.56. The van der Waals surface area contributed by atoms with Crippen LogP contribution >= 0.6 is 15.6 Å². The van der Waals surface area contributed by atoms with E-state index in [1.54, 1.807) is 6.08 Å². The molecule has 1 fully saturated rings. The number of phosphoric ester groups is 2. The number of rotatable bonds is 24. The third-order valence-corrected chi connectivity index (χ3v) is 13.8. The van der Waals surface area contributed by atoms with Crippen LogP contribution in [0.15, 0.2) is 36.5 Å². The molecule has 68 heavy (non-hydrogen) atoms. The second-order valence-electron chi connectivity index (χ2n) is 18.1. The average molecular weight is 1020 g/mol. The van der Waals surface area contributed by atoms with Crippen molar-refractivity contribution in [2.75, 3.05) is 13.2 Å². The van der Waals surface area contributed by atoms with Gasteiger partial charge >= 0.3 is 27.6 Å². The predicted octanol–water partition coefficient (Wildman–Crippen LogP) is 5.89. The first kappa shape index (κ1) is 62.2. The second kappa shape index (κ2) is 34.5. The number of unbranched alkanes of at least 4 members (excludes halogenated alkanes) is 13. The van der Waals surface area contributed by atoms with Crippen LogP contribution in [0.4, 0.5) is 0 Å². The van der Waals surface area contributed by atoms with E-state index < -0.39 is 120 Å². The molecule has 0 aromatic heterocycles. The summed E-state index contributed by atoms with van der Waals surface area (Å²) in [7, 11) is -11.4. The summed E-state index contributed by atoms with van der Waals surface area (Å²) in [5.41, 5.74) is 0. The van der Waals surface area contributed by atoms with Gasteiger partial charge in [-0.25, -0.2) is 9.13 Å². The van der Waals surface area contributed by atoms with E-state index in [1.807, 2.05) is 6.92 Å². The van der Waals surface area contributed by atoms with E-state index in [4.69, 9.17) is 23.0 Å². The van der Waals surface area contributed by atoms with Gasteiger partial charge in [0, 0.05) is 31.1 Å². The zero-order chi connectivity index (χ0) is 50.5. The molecule has 0 saturated heterocycles. The van der Waals surface area contributed by atoms with Gasteiger partial charge in [0.25, 0.3) is 0 Å². The number of carbonyl (C=O) groups excluding carboxylic acids is 2. The third-order valence-electron chi connectivity index (χ3n) is 12.3. The predicted molar refractivity (Wildman–Crippen MR) is 252 cm³/mol. The molecule has 19 nitrogen and oxygen atoms in total. The largest absolute Gasteiger partial charge is 0.472 e. The summed E-state index contributed by atoms with van der Waals surface area (Å²) in [5, 5.41) is 79.8. The van der Waals surface area contributed by atoms with E-state index in [0.29, 0.717) is 19.3 Å². The molecule has 0 amide bonds. The third kappa shape index (κ3) is 26.0. The number of allylic oxidation sites excluding steroid dienone is 4. The van der Waals surface area contributed by atoms with Crippen molar-refractivity contribution in [2.45, 2.75) is 223 Å². The number of cyclic esters (lactones) is 1. The quantitative estimate of drug-likeness (QED) is 0.0233. The van der Waals surface area contributed by atoms with Crippen LogP contribution in [-0.4, -0.2) is 137 Å². The van der Waals surface area contributed by atoms with Crippen molar-refractivity contribution in [3.63, 3.8) is 0 Å². The first-order valence-electron chi connectivity index (χ1n) is 24.8. The lowest BCUT2D eigenvalue weighted by molar-refractivity contribution is -0.165. The molecule has 1 aliphatic heterocycles. The Morgan fingerprint density at radius 3 is 2.12 bits per heavy atom. The molecule has 1 unspecified atom stereocenters. The number of aliphatic hydroxyl groups excluding tert-OH is 7. The number of esters is 2. The van der Waals surface area contributed by atoms with Gasteiger partial charge in [-0.05, 0) is 51.4 Å². The zero-order valence-corrected chi connectivity index (χ0v) is 41.9. The molecular weight excluding hydrogens is 930 g/mol. The normalized spacial score (nSPS) is 32.0. The maximum absolute atomic E-state index is 13.8. The molecule has 2 aliphatic rings. The Morgan fingerprint density at radius 2 is 1.49 bits per heavy atom. The van der Waals surface area contributed by atoms with Crippen LogP contribution in [0.3, 0.4) is 0 Å². The van der Waals surface area contributed by atoms with Gasteiger partial charge in [-0.1, -0.05) is 127 Å². The van der Waals surface area contributed by atoms with Crippen molar-refractivity contribution < 1.29 is 92.2 Å². The molecule has 396 valence electrons. The molecular formula is C47H84O19P2. The number of fused-ring (bicyclic) bond motifs is 4. The van der Waals surface area contributed by atoms with Gasteiger partial charge in [-0.15, -0.1) is 0 Å². The fraction of sp³-hybridized carbons (Fsp3) is 0.830. The van der Waals surface area contributed by atoms with Crippen LogP contribution in [-0.2, 0) is 41.8 Å². The van der Waals surface area contributed by atoms with Gasteiger partial charge in [0.05, 0.1) is 37.1 Å². The minimum Gasteiger partial charge on any atom is -0.462 e. The summed E-state index contributed by atoms with van der Waals surface area (Å²) in [6, 6.07) is 0. The molecule has 13 atom stereocenters. The van der Waals surface area contributed by atoms with Crippen LogP contribution in [0.25, 0.3) is 0 Å². The van der Waals surface area contributed by atoms with Crippen molar-refractivity contribution in [1.29, 1.82) is 0 Å². The Bertz CT molecular complexity index is 1570. The standard InChI is InChI=1S/C47H84O19P2/c1-3-5-7-8-9-10-11-12-13-14-15-16-17-18-24-28-41(52)64-35-32-62-40(51)27-23-20-19-22-26-36-38(49)31-39(50)37(30-29-34(48)25-21-6-4-2)43(54)46(65-67(57,58)59)47(45(56)44(55)42(36)53)66-68(60,61)63-33-35/h5,7,19,22,29-30,34-39,42-50,53-56H,3-4,6,8-18,20-21,23-28,31-33H2,1-2H3,(H,60,61)(H2,57,58,59)/b7-5-,22-19+,30-29+/t34-,35+,36-,37-,38-,39+,42+,43+,44-,45+,46+,47-/m0/s1. The van der Waals surface area contributed by atoms with E-state index in [1.165, 1.54) is 44.3 Å². The molecule has 0 radical (unpaired) electrons. The molecule has 1 aliphatic carbocycles. The number of carbonyl (C=O) groups is 2. The molecule has 1 saturated carbocycles. The van der Waals surface area contributed by atoms with Crippen LogP contribution < -0.4 is 0 Å². The molecule has 1 heterocycles. The van der Waals surface area contributed by atoms with Crippen molar-refractivity contribution in [3.05, 3.63) is 36.5 Å². The second-order valence-corrected chi connectivity index (χ2v) is 20.7. The first-order valence-corrected chi connectivity index (χ1v) is 27.8. The van der Waals surface area contributed by atoms with Crippen molar-refractivity contribution in [2.24, 2.45) is 11.8 Å². The van der Waals surface area contributed by atoms with Gasteiger partial charge in [0.1, 0.15) is 31.0 Å². The first-order chi connectivity index (χ1) is 32.3. The summed E-state index contributed by atoms with van der Waals surface area (Å²) < 4.78 is 52.3. The molecule has 0 aromatic rings. The lowest BCUT2D eigenvalue weighted by atomic mass is 9.83. The van der Waals surface area contributed by atoms with Crippen LogP contribution in [0.5, 0.6) is 0 Å². The minimum atomic E-state index is -5.77. The fourth-order valence-corrected chi connectivity index (χ4v) is 9.84. The highest BCUT2D eigenvalue weighted by Gasteiger charge is 2.51. The van der Waals surface area contributed by atoms with Gasteiger partial charge < -0.3 is 59.9 Å². The van der Waals surface area contributed by atoms with Crippen molar-refractivity contribution >= 4 is 27.6 Å². The molecule has 10 N–H and O–H groups in total. The molecule has 0 aromatic carbocycles. The minimum absolute atomic E-state index is 0.0296. The van der Waals surface area contributed by atoms with E-state index in [-0.39, 0.29) is 32.1 Å². The smallest absolute Gasteiger partial charge is 0.462 e. The van der Waals surface area contributed by atoms with Gasteiger partial charge in [-0.2, -0.15) is 0 Å². The summed E-state index contributed by atoms with van der Waals surface area (Å²) in [5.74, 6) is -4.52. The monoisotopic (exact) mass is 1010 g/mol. The highest BCUT2D eigenvalue weighted by Crippen LogP contribution is 2.50. The maximum atomic E-state index is 13.8. The van der Waals surface area contributed by atoms with E-state index in [9.17, 15) is 69.1 Å². The topological polar surface area (TPSA) is 317 Å². The Kier molecular flexibility index (Phi) is 31.5. The fourth-order valence-electron chi connectivity index (χ4n) is 8.31. The van der Waals surface area contributed by atoms with Crippen LogP contribution in [0, 0.1) is 11.8 Å². The number of ether oxygens (including phenoxy) is 2. The van der Waals surface area contributed by atoms with Gasteiger partial charge in [0.15, 0.2) is 6.10 Å². The Hall–Kier alpha value is -1.90. The van der Waals surface area contributed by atoms with Gasteiger partial charge in [0.2, 0.25) is 0 Å². The number of phosphoric acid groups is 2. The Morgan fingerprint density at radius 1 is 0.838 bits per heavy atom. The summed E-state index contributed by atoms with van der Waals surface area (Å²) in [6.07, 6.45) is 4.57. The van der Waals surface area contributed by atoms with Crippen molar-refractivity contribution in [3.8, 4) is 0 Å². The number of hydrogen-bond acceptors (Lipinski definition) is 16.